The van der Waals surface area contributed by atoms with Crippen LogP contribution in [0.2, 0.25) is 0 Å². The molecule has 7 nitrogen and oxygen atoms in total. The minimum absolute atomic E-state index is 0.0934. The van der Waals surface area contributed by atoms with Crippen molar-refractivity contribution in [2.45, 2.75) is 52.0 Å². The zero-order valence-electron chi connectivity index (χ0n) is 18.6. The molecule has 1 atom stereocenters. The first-order chi connectivity index (χ1) is 14.5. The minimum atomic E-state index is -0.365. The van der Waals surface area contributed by atoms with Gasteiger partial charge in [-0.15, -0.1) is 0 Å². The van der Waals surface area contributed by atoms with Crippen molar-refractivity contribution in [1.29, 1.82) is 0 Å². The quantitative estimate of drug-likeness (QED) is 0.577. The number of hydrogen-bond acceptors (Lipinski definition) is 4. The Balaban J connectivity index is 1.99. The van der Waals surface area contributed by atoms with Crippen LogP contribution in [0.15, 0.2) is 36.7 Å². The van der Waals surface area contributed by atoms with Gasteiger partial charge in [-0.25, -0.2) is 4.98 Å². The molecule has 1 N–H and O–H groups in total. The molecule has 0 spiro atoms. The van der Waals surface area contributed by atoms with Gasteiger partial charge in [0.15, 0.2) is 0 Å². The highest BCUT2D eigenvalue weighted by Crippen LogP contribution is 2.23. The van der Waals surface area contributed by atoms with E-state index in [4.69, 9.17) is 4.74 Å². The van der Waals surface area contributed by atoms with E-state index in [0.29, 0.717) is 19.3 Å². The zero-order chi connectivity index (χ0) is 21.9. The number of nitrogens with zero attached hydrogens (tertiary/aromatic N) is 3. The molecule has 164 valence electrons. The van der Waals surface area contributed by atoms with E-state index in [9.17, 15) is 9.59 Å². The summed E-state index contributed by atoms with van der Waals surface area (Å²) in [5.41, 5.74) is 0.923. The fraction of sp³-hybridized carbons (Fsp3) is 0.522. The highest BCUT2D eigenvalue weighted by molar-refractivity contribution is 5.79. The fourth-order valence-electron chi connectivity index (χ4n) is 3.44. The van der Waals surface area contributed by atoms with E-state index in [1.165, 1.54) is 0 Å². The maximum absolute atomic E-state index is 12.7. The Labute approximate surface area is 179 Å². The van der Waals surface area contributed by atoms with Crippen LogP contribution in [0.1, 0.15) is 63.4 Å². The number of amides is 2. The second-order valence-corrected chi connectivity index (χ2v) is 7.40. The molecule has 1 heterocycles. The van der Waals surface area contributed by atoms with Crippen LogP contribution in [0.3, 0.4) is 0 Å². The van der Waals surface area contributed by atoms with Crippen molar-refractivity contribution in [3.8, 4) is 5.75 Å². The van der Waals surface area contributed by atoms with E-state index in [-0.39, 0.29) is 17.9 Å². The number of aryl methyl sites for hydroxylation is 1. The molecule has 0 radical (unpaired) electrons. The summed E-state index contributed by atoms with van der Waals surface area (Å²) >= 11 is 0. The molecule has 0 aliphatic rings. The Morgan fingerprint density at radius 1 is 1.13 bits per heavy atom. The molecule has 0 fully saturated rings. The lowest BCUT2D eigenvalue weighted by molar-refractivity contribution is -0.131. The summed E-state index contributed by atoms with van der Waals surface area (Å²) < 4.78 is 7.12. The second kappa shape index (κ2) is 12.0. The average molecular weight is 415 g/mol. The van der Waals surface area contributed by atoms with Crippen molar-refractivity contribution < 1.29 is 14.3 Å². The van der Waals surface area contributed by atoms with Gasteiger partial charge in [0.25, 0.3) is 0 Å². The maximum atomic E-state index is 12.7. The molecule has 30 heavy (non-hydrogen) atoms. The van der Waals surface area contributed by atoms with Crippen LogP contribution in [0.4, 0.5) is 0 Å². The summed E-state index contributed by atoms with van der Waals surface area (Å²) in [6, 6.07) is 7.22. The number of aromatic nitrogens is 2. The van der Waals surface area contributed by atoms with E-state index in [1.54, 1.807) is 13.3 Å². The van der Waals surface area contributed by atoms with Crippen LogP contribution >= 0.6 is 0 Å². The largest absolute Gasteiger partial charge is 0.497 e. The van der Waals surface area contributed by atoms with Crippen LogP contribution in [-0.2, 0) is 16.6 Å². The molecule has 0 aliphatic carbocycles. The number of nitrogens with one attached hydrogen (secondary N) is 1. The summed E-state index contributed by atoms with van der Waals surface area (Å²) in [6.45, 7) is 5.69. The molecule has 2 amide bonds. The van der Waals surface area contributed by atoms with Crippen molar-refractivity contribution in [3.05, 3.63) is 48.0 Å². The van der Waals surface area contributed by atoms with Crippen LogP contribution in [0, 0.1) is 0 Å². The second-order valence-electron chi connectivity index (χ2n) is 7.40. The van der Waals surface area contributed by atoms with E-state index < -0.39 is 0 Å². The number of ether oxygens (including phenoxy) is 1. The van der Waals surface area contributed by atoms with Gasteiger partial charge >= 0.3 is 0 Å². The molecule has 1 unspecified atom stereocenters. The van der Waals surface area contributed by atoms with Crippen molar-refractivity contribution >= 4 is 11.8 Å². The third-order valence-corrected chi connectivity index (χ3v) is 5.01. The molecule has 0 aliphatic heterocycles. The van der Waals surface area contributed by atoms with Gasteiger partial charge in [-0.1, -0.05) is 26.0 Å². The fourth-order valence-corrected chi connectivity index (χ4v) is 3.44. The first-order valence-corrected chi connectivity index (χ1v) is 10.7. The van der Waals surface area contributed by atoms with E-state index in [2.05, 4.69) is 24.1 Å². The Bertz CT molecular complexity index is 795. The number of benzene rings is 1. The molecular formula is C23H34N4O3. The standard InChI is InChI=1S/C23H34N4O3/c1-5-15-27(16-6-2)21(29)9-7-8-20(28)25-22(23-24-14-17-26(23)3)18-10-12-19(30-4)13-11-18/h10-14,17,22H,5-9,15-16H2,1-4H3,(H,25,28). The van der Waals surface area contributed by atoms with Gasteiger partial charge in [0, 0.05) is 45.4 Å². The Kier molecular flexibility index (Phi) is 9.38. The summed E-state index contributed by atoms with van der Waals surface area (Å²) in [7, 11) is 3.52. The summed E-state index contributed by atoms with van der Waals surface area (Å²) in [5, 5.41) is 3.08. The van der Waals surface area contributed by atoms with Crippen LogP contribution in [0.5, 0.6) is 5.75 Å². The molecule has 1 aromatic heterocycles. The van der Waals surface area contributed by atoms with Gasteiger partial charge in [0.1, 0.15) is 17.6 Å². The van der Waals surface area contributed by atoms with E-state index >= 15 is 0 Å². The maximum Gasteiger partial charge on any atom is 0.222 e. The SMILES string of the molecule is CCCN(CCC)C(=O)CCCC(=O)NC(c1ccc(OC)cc1)c1nccn1C. The minimum Gasteiger partial charge on any atom is -0.497 e. The topological polar surface area (TPSA) is 76.5 Å². The van der Waals surface area contributed by atoms with Gasteiger partial charge in [0.2, 0.25) is 11.8 Å². The smallest absolute Gasteiger partial charge is 0.222 e. The van der Waals surface area contributed by atoms with Crippen LogP contribution < -0.4 is 10.1 Å². The van der Waals surface area contributed by atoms with Crippen molar-refractivity contribution in [2.24, 2.45) is 7.05 Å². The molecule has 0 saturated heterocycles. The van der Waals surface area contributed by atoms with Crippen molar-refractivity contribution in [3.63, 3.8) is 0 Å². The average Bonchev–Trinajstić information content (AvgIpc) is 3.17. The van der Waals surface area contributed by atoms with Gasteiger partial charge in [-0.2, -0.15) is 0 Å². The lowest BCUT2D eigenvalue weighted by atomic mass is 10.1. The number of imidazole rings is 1. The third-order valence-electron chi connectivity index (χ3n) is 5.01. The third kappa shape index (κ3) is 6.61. The van der Waals surface area contributed by atoms with E-state index in [1.807, 2.05) is 47.0 Å². The Hall–Kier alpha value is -2.83. The molecular weight excluding hydrogens is 380 g/mol. The predicted octanol–water partition coefficient (Wildman–Crippen LogP) is 3.45. The molecule has 2 aromatic rings. The van der Waals surface area contributed by atoms with Crippen molar-refractivity contribution in [1.82, 2.24) is 19.8 Å². The Morgan fingerprint density at radius 2 is 1.80 bits per heavy atom. The highest BCUT2D eigenvalue weighted by Gasteiger charge is 2.21. The number of rotatable bonds is 12. The highest BCUT2D eigenvalue weighted by atomic mass is 16.5. The Morgan fingerprint density at radius 3 is 2.33 bits per heavy atom. The van der Waals surface area contributed by atoms with Gasteiger partial charge in [-0.3, -0.25) is 9.59 Å². The van der Waals surface area contributed by atoms with Gasteiger partial charge in [-0.05, 0) is 37.0 Å². The van der Waals surface area contributed by atoms with Crippen LogP contribution in [-0.4, -0.2) is 46.5 Å². The summed E-state index contributed by atoms with van der Waals surface area (Å²) in [6.07, 6.45) is 6.68. The lowest BCUT2D eigenvalue weighted by Crippen LogP contribution is -2.33. The molecule has 2 rings (SSSR count). The zero-order valence-corrected chi connectivity index (χ0v) is 18.6. The van der Waals surface area contributed by atoms with Crippen LogP contribution in [0.25, 0.3) is 0 Å². The summed E-state index contributed by atoms with van der Waals surface area (Å²) in [4.78, 5) is 31.4. The number of methoxy groups -OCH3 is 1. The normalized spacial score (nSPS) is 11.7. The van der Waals surface area contributed by atoms with Gasteiger partial charge < -0.3 is 19.5 Å². The number of carbonyl (C=O) groups is 2. The van der Waals surface area contributed by atoms with Gasteiger partial charge in [0.05, 0.1) is 7.11 Å². The van der Waals surface area contributed by atoms with Crippen molar-refractivity contribution in [2.75, 3.05) is 20.2 Å². The number of hydrogen-bond donors (Lipinski definition) is 1. The number of carbonyl (C=O) groups excluding carboxylic acids is 2. The predicted molar refractivity (Wildman–Crippen MR) is 117 cm³/mol. The lowest BCUT2D eigenvalue weighted by Gasteiger charge is -2.22. The summed E-state index contributed by atoms with van der Waals surface area (Å²) in [5.74, 6) is 1.54. The molecule has 1 aromatic carbocycles. The molecule has 7 heteroatoms. The first-order valence-electron chi connectivity index (χ1n) is 10.7. The van der Waals surface area contributed by atoms with E-state index in [0.717, 1.165) is 43.1 Å². The monoisotopic (exact) mass is 414 g/mol. The molecule has 0 bridgehead atoms. The molecule has 0 saturated carbocycles. The first kappa shape index (κ1) is 23.4.